The number of benzene rings is 2. The first kappa shape index (κ1) is 29.0. The number of quaternary nitrogens is 1. The predicted molar refractivity (Wildman–Crippen MR) is 146 cm³/mol. The second-order valence-electron chi connectivity index (χ2n) is 8.46. The van der Waals surface area contributed by atoms with Crippen LogP contribution in [0, 0.1) is 5.21 Å². The van der Waals surface area contributed by atoms with Gasteiger partial charge >= 0.3 is 6.01 Å². The standard InChI is InChI=1S/C28H29N5O8/c1-37-22-9-8-17(11-21(22)33(35)36)14-30-27-20(15-31-28(32-27)41-16-19-7-5-6-10-29-19)25(34)18-12-23(38-2)26(40-4)24(13-18)39-3/h5-13,15,33,35H,14,16H2,1-4H3,(H,30,31,32). The molecule has 0 aliphatic rings. The van der Waals surface area contributed by atoms with E-state index >= 15 is 0 Å². The van der Waals surface area contributed by atoms with Crippen molar-refractivity contribution in [1.29, 1.82) is 0 Å². The summed E-state index contributed by atoms with van der Waals surface area (Å²) < 4.78 is 27.0. The number of hydrogen-bond donors (Lipinski definition) is 3. The predicted octanol–water partition coefficient (Wildman–Crippen LogP) is 2.73. The number of anilines is 1. The number of nitrogens with zero attached hydrogens (tertiary/aromatic N) is 3. The van der Waals surface area contributed by atoms with Gasteiger partial charge in [-0.05, 0) is 35.9 Å². The summed E-state index contributed by atoms with van der Waals surface area (Å²) in [5.74, 6) is 0.923. The normalized spacial score (nSPS) is 11.4. The van der Waals surface area contributed by atoms with E-state index in [0.717, 1.165) is 0 Å². The topological polar surface area (TPSA) is 162 Å². The van der Waals surface area contributed by atoms with Gasteiger partial charge in [-0.25, -0.2) is 10.2 Å². The van der Waals surface area contributed by atoms with E-state index in [1.54, 1.807) is 30.5 Å². The number of methoxy groups -OCH3 is 4. The minimum absolute atomic E-state index is 0.00240. The molecule has 2 heterocycles. The maximum atomic E-state index is 13.7. The molecule has 0 saturated heterocycles. The van der Waals surface area contributed by atoms with Crippen LogP contribution in [0.3, 0.4) is 0 Å². The van der Waals surface area contributed by atoms with E-state index in [9.17, 15) is 15.2 Å². The summed E-state index contributed by atoms with van der Waals surface area (Å²) >= 11 is 0. The molecule has 0 amide bonds. The molecule has 1 unspecified atom stereocenters. The van der Waals surface area contributed by atoms with Crippen molar-refractivity contribution in [3.63, 3.8) is 0 Å². The largest absolute Gasteiger partial charge is 0.595 e. The summed E-state index contributed by atoms with van der Waals surface area (Å²) in [5, 5.41) is 23.2. The average Bonchev–Trinajstić information content (AvgIpc) is 3.01. The molecule has 0 spiro atoms. The number of carbonyl (C=O) groups excluding carboxylic acids is 1. The third-order valence-electron chi connectivity index (χ3n) is 5.97. The summed E-state index contributed by atoms with van der Waals surface area (Å²) in [6.45, 7) is 0.247. The molecule has 0 radical (unpaired) electrons. The van der Waals surface area contributed by atoms with Crippen LogP contribution < -0.4 is 34.2 Å². The van der Waals surface area contributed by atoms with Gasteiger partial charge in [0.2, 0.25) is 11.4 Å². The number of hydrogen-bond acceptors (Lipinski definition) is 12. The molecule has 0 saturated carbocycles. The van der Waals surface area contributed by atoms with Crippen LogP contribution in [0.25, 0.3) is 0 Å². The van der Waals surface area contributed by atoms with Crippen LogP contribution in [0.4, 0.5) is 11.5 Å². The van der Waals surface area contributed by atoms with Gasteiger partial charge in [0.15, 0.2) is 23.0 Å². The van der Waals surface area contributed by atoms with E-state index in [1.165, 1.54) is 52.8 Å². The van der Waals surface area contributed by atoms with Crippen LogP contribution in [-0.4, -0.2) is 54.4 Å². The smallest absolute Gasteiger partial charge is 0.318 e. The Bertz CT molecular complexity index is 1480. The maximum Gasteiger partial charge on any atom is 0.318 e. The van der Waals surface area contributed by atoms with Crippen LogP contribution >= 0.6 is 0 Å². The highest BCUT2D eigenvalue weighted by atomic mass is 16.8. The molecule has 13 nitrogen and oxygen atoms in total. The number of carbonyl (C=O) groups is 1. The lowest BCUT2D eigenvalue weighted by molar-refractivity contribution is -0.991. The fourth-order valence-corrected chi connectivity index (χ4v) is 3.94. The van der Waals surface area contributed by atoms with Gasteiger partial charge in [-0.15, -0.1) is 0 Å². The number of nitrogens with one attached hydrogen (secondary N) is 2. The quantitative estimate of drug-likeness (QED) is 0.161. The molecule has 0 bridgehead atoms. The van der Waals surface area contributed by atoms with E-state index in [4.69, 9.17) is 23.7 Å². The molecule has 214 valence electrons. The van der Waals surface area contributed by atoms with Crippen molar-refractivity contribution in [2.45, 2.75) is 13.2 Å². The van der Waals surface area contributed by atoms with Crippen LogP contribution in [-0.2, 0) is 13.2 Å². The molecule has 13 heteroatoms. The fourth-order valence-electron chi connectivity index (χ4n) is 3.94. The molecule has 41 heavy (non-hydrogen) atoms. The van der Waals surface area contributed by atoms with Gasteiger partial charge in [-0.1, -0.05) is 12.1 Å². The van der Waals surface area contributed by atoms with Gasteiger partial charge in [0.25, 0.3) is 0 Å². The molecule has 0 aliphatic carbocycles. The zero-order chi connectivity index (χ0) is 29.4. The lowest BCUT2D eigenvalue weighted by atomic mass is 10.0. The van der Waals surface area contributed by atoms with Gasteiger partial charge in [0, 0.05) is 30.6 Å². The molecule has 4 aromatic rings. The summed E-state index contributed by atoms with van der Waals surface area (Å²) in [6, 6.07) is 13.2. The van der Waals surface area contributed by atoms with E-state index in [0.29, 0.717) is 28.5 Å². The van der Waals surface area contributed by atoms with Crippen LogP contribution in [0.5, 0.6) is 29.0 Å². The zero-order valence-electron chi connectivity index (χ0n) is 22.8. The van der Waals surface area contributed by atoms with Gasteiger partial charge in [0.1, 0.15) is 12.4 Å². The van der Waals surface area contributed by atoms with Crippen molar-refractivity contribution in [3.8, 4) is 29.0 Å². The molecule has 0 aliphatic heterocycles. The number of pyridine rings is 1. The van der Waals surface area contributed by atoms with E-state index in [1.807, 2.05) is 6.07 Å². The molecule has 4 rings (SSSR count). The number of ketones is 1. The van der Waals surface area contributed by atoms with Crippen LogP contribution in [0.2, 0.25) is 0 Å². The third-order valence-corrected chi connectivity index (χ3v) is 5.97. The molecular formula is C28H29N5O8. The third kappa shape index (κ3) is 6.78. The lowest BCUT2D eigenvalue weighted by Crippen LogP contribution is -2.99. The van der Waals surface area contributed by atoms with Crippen molar-refractivity contribution < 1.29 is 38.9 Å². The zero-order valence-corrected chi connectivity index (χ0v) is 22.8. The Morgan fingerprint density at radius 3 is 2.29 bits per heavy atom. The van der Waals surface area contributed by atoms with Gasteiger partial charge < -0.3 is 34.2 Å². The summed E-state index contributed by atoms with van der Waals surface area (Å²) in [6.07, 6.45) is 3.00. The number of aromatic nitrogens is 3. The van der Waals surface area contributed by atoms with E-state index in [-0.39, 0.29) is 47.5 Å². The Labute approximate surface area is 235 Å². The highest BCUT2D eigenvalue weighted by Gasteiger charge is 2.22. The summed E-state index contributed by atoms with van der Waals surface area (Å²) in [7, 11) is 5.77. The molecule has 1 atom stereocenters. The first-order chi connectivity index (χ1) is 19.9. The number of rotatable bonds is 13. The SMILES string of the molecule is COc1ccc(CNc2nc(OCc3ccccn3)ncc2C(=O)c2cc(OC)c(OC)c(OC)c2)cc1[NH+]([O-])O. The van der Waals surface area contributed by atoms with Crippen molar-refractivity contribution in [2.75, 3.05) is 33.8 Å². The summed E-state index contributed by atoms with van der Waals surface area (Å²) in [4.78, 5) is 26.6. The van der Waals surface area contributed by atoms with Crippen molar-refractivity contribution in [1.82, 2.24) is 15.0 Å². The van der Waals surface area contributed by atoms with Crippen molar-refractivity contribution in [3.05, 3.63) is 88.5 Å². The molecule has 3 N–H and O–H groups in total. The van der Waals surface area contributed by atoms with E-state index < -0.39 is 11.0 Å². The average molecular weight is 564 g/mol. The highest BCUT2D eigenvalue weighted by Crippen LogP contribution is 2.39. The van der Waals surface area contributed by atoms with Crippen LogP contribution in [0.1, 0.15) is 27.2 Å². The molecule has 0 fully saturated rings. The Hall–Kier alpha value is -4.98. The van der Waals surface area contributed by atoms with Crippen molar-refractivity contribution in [2.24, 2.45) is 0 Å². The molecular weight excluding hydrogens is 534 g/mol. The van der Waals surface area contributed by atoms with Gasteiger partial charge in [-0.3, -0.25) is 9.78 Å². The second-order valence-corrected chi connectivity index (χ2v) is 8.46. The van der Waals surface area contributed by atoms with Gasteiger partial charge in [0.05, 0.1) is 39.7 Å². The first-order valence-electron chi connectivity index (χ1n) is 12.3. The Balaban J connectivity index is 1.68. The first-order valence-corrected chi connectivity index (χ1v) is 12.3. The fraction of sp³-hybridized carbons (Fsp3) is 0.214. The monoisotopic (exact) mass is 563 g/mol. The van der Waals surface area contributed by atoms with Crippen LogP contribution in [0.15, 0.2) is 60.9 Å². The number of ether oxygens (including phenoxy) is 5. The molecule has 2 aromatic heterocycles. The Kier molecular flexibility index (Phi) is 9.47. The molecule has 2 aromatic carbocycles. The Morgan fingerprint density at radius 2 is 1.68 bits per heavy atom. The minimum atomic E-state index is -1.13. The van der Waals surface area contributed by atoms with Crippen molar-refractivity contribution >= 4 is 17.3 Å². The second kappa shape index (κ2) is 13.4. The highest BCUT2D eigenvalue weighted by molar-refractivity contribution is 6.12. The minimum Gasteiger partial charge on any atom is -0.595 e. The summed E-state index contributed by atoms with van der Waals surface area (Å²) in [5.41, 5.74) is 1.66. The Morgan fingerprint density at radius 1 is 0.951 bits per heavy atom. The lowest BCUT2D eigenvalue weighted by Gasteiger charge is -2.17. The van der Waals surface area contributed by atoms with Gasteiger partial charge in [-0.2, -0.15) is 10.2 Å². The van der Waals surface area contributed by atoms with E-state index in [2.05, 4.69) is 20.3 Å². The maximum absolute atomic E-state index is 13.7.